The Morgan fingerprint density at radius 3 is 3.12 bits per heavy atom. The molecule has 1 aliphatic carbocycles. The summed E-state index contributed by atoms with van der Waals surface area (Å²) in [5, 5.41) is 22.1. The smallest absolute Gasteiger partial charge is 0.221 e. The summed E-state index contributed by atoms with van der Waals surface area (Å²) >= 11 is 0. The minimum absolute atomic E-state index is 0.0300. The molecule has 0 bridgehead atoms. The first kappa shape index (κ1) is 11.3. The van der Waals surface area contributed by atoms with Gasteiger partial charge < -0.3 is 10.6 Å². The molecule has 1 saturated carbocycles. The number of amides is 1. The first-order chi connectivity index (χ1) is 8.29. The number of aromatic nitrogens is 2. The summed E-state index contributed by atoms with van der Waals surface area (Å²) in [7, 11) is 0. The van der Waals surface area contributed by atoms with Crippen molar-refractivity contribution in [3.05, 3.63) is 17.8 Å². The van der Waals surface area contributed by atoms with Gasteiger partial charge in [0.25, 0.3) is 0 Å². The molecule has 0 spiro atoms. The summed E-state index contributed by atoms with van der Waals surface area (Å²) in [6.45, 7) is 0.450. The van der Waals surface area contributed by atoms with Gasteiger partial charge in [0.2, 0.25) is 5.91 Å². The molecule has 1 heterocycles. The van der Waals surface area contributed by atoms with Gasteiger partial charge in [-0.25, -0.2) is 0 Å². The van der Waals surface area contributed by atoms with Gasteiger partial charge in [-0.15, -0.1) is 5.10 Å². The molecule has 17 heavy (non-hydrogen) atoms. The van der Waals surface area contributed by atoms with Crippen molar-refractivity contribution in [1.29, 1.82) is 5.26 Å². The zero-order chi connectivity index (χ0) is 12.1. The van der Waals surface area contributed by atoms with E-state index in [2.05, 4.69) is 20.8 Å². The molecule has 0 saturated heterocycles. The molecular formula is C11H13N5O. The van der Waals surface area contributed by atoms with Crippen LogP contribution in [0.3, 0.4) is 0 Å². The van der Waals surface area contributed by atoms with E-state index in [1.807, 2.05) is 6.07 Å². The van der Waals surface area contributed by atoms with E-state index < -0.39 is 0 Å². The SMILES string of the molecule is N#Cc1ccnnc1NCCC(=O)NC1CC1. The standard InChI is InChI=1S/C11H13N5O/c12-7-8-3-6-14-16-11(8)13-5-4-10(17)15-9-1-2-9/h3,6,9H,1-2,4-5H2,(H,13,16)(H,15,17). The summed E-state index contributed by atoms with van der Waals surface area (Å²) in [6, 6.07) is 3.98. The zero-order valence-electron chi connectivity index (χ0n) is 9.31. The summed E-state index contributed by atoms with van der Waals surface area (Å²) in [5.41, 5.74) is 0.433. The third-order valence-corrected chi connectivity index (χ3v) is 2.43. The van der Waals surface area contributed by atoms with E-state index in [1.165, 1.54) is 6.20 Å². The minimum Gasteiger partial charge on any atom is -0.367 e. The predicted molar refractivity (Wildman–Crippen MR) is 61.0 cm³/mol. The predicted octanol–water partition coefficient (Wildman–Crippen LogP) is 0.429. The van der Waals surface area contributed by atoms with Gasteiger partial charge in [0.15, 0.2) is 5.82 Å². The molecule has 2 N–H and O–H groups in total. The average Bonchev–Trinajstić information content (AvgIpc) is 3.13. The Morgan fingerprint density at radius 2 is 2.41 bits per heavy atom. The third kappa shape index (κ3) is 3.41. The molecule has 6 heteroatoms. The Kier molecular flexibility index (Phi) is 3.50. The van der Waals surface area contributed by atoms with E-state index in [0.29, 0.717) is 30.4 Å². The Morgan fingerprint density at radius 1 is 1.59 bits per heavy atom. The fourth-order valence-corrected chi connectivity index (χ4v) is 1.37. The van der Waals surface area contributed by atoms with Crippen LogP contribution < -0.4 is 10.6 Å². The van der Waals surface area contributed by atoms with Crippen LogP contribution in [0.4, 0.5) is 5.82 Å². The number of anilines is 1. The molecule has 0 aromatic carbocycles. The number of carbonyl (C=O) groups excluding carboxylic acids is 1. The molecule has 88 valence electrons. The molecular weight excluding hydrogens is 218 g/mol. The van der Waals surface area contributed by atoms with Crippen molar-refractivity contribution in [2.75, 3.05) is 11.9 Å². The van der Waals surface area contributed by atoms with Crippen molar-refractivity contribution in [3.8, 4) is 6.07 Å². The molecule has 1 aromatic rings. The lowest BCUT2D eigenvalue weighted by molar-refractivity contribution is -0.120. The molecule has 0 atom stereocenters. The van der Waals surface area contributed by atoms with Gasteiger partial charge in [0.1, 0.15) is 6.07 Å². The van der Waals surface area contributed by atoms with Crippen molar-refractivity contribution in [1.82, 2.24) is 15.5 Å². The number of nitrogens with one attached hydrogen (secondary N) is 2. The van der Waals surface area contributed by atoms with Gasteiger partial charge in [0, 0.05) is 19.0 Å². The second kappa shape index (κ2) is 5.25. The maximum absolute atomic E-state index is 11.4. The van der Waals surface area contributed by atoms with Gasteiger partial charge in [0.05, 0.1) is 11.8 Å². The number of rotatable bonds is 5. The highest BCUT2D eigenvalue weighted by molar-refractivity contribution is 5.77. The van der Waals surface area contributed by atoms with E-state index >= 15 is 0 Å². The zero-order valence-corrected chi connectivity index (χ0v) is 9.31. The fourth-order valence-electron chi connectivity index (χ4n) is 1.37. The first-order valence-electron chi connectivity index (χ1n) is 5.54. The highest BCUT2D eigenvalue weighted by Gasteiger charge is 2.22. The van der Waals surface area contributed by atoms with Crippen LogP contribution >= 0.6 is 0 Å². The monoisotopic (exact) mass is 231 g/mol. The van der Waals surface area contributed by atoms with E-state index in [9.17, 15) is 4.79 Å². The van der Waals surface area contributed by atoms with Gasteiger partial charge in [-0.2, -0.15) is 10.4 Å². The number of nitrogens with zero attached hydrogens (tertiary/aromatic N) is 3. The molecule has 1 aromatic heterocycles. The van der Waals surface area contributed by atoms with Crippen LogP contribution in [0.5, 0.6) is 0 Å². The average molecular weight is 231 g/mol. The summed E-state index contributed by atoms with van der Waals surface area (Å²) in [5.74, 6) is 0.455. The van der Waals surface area contributed by atoms with Crippen molar-refractivity contribution < 1.29 is 4.79 Å². The molecule has 6 nitrogen and oxygen atoms in total. The van der Waals surface area contributed by atoms with E-state index in [1.54, 1.807) is 6.07 Å². The van der Waals surface area contributed by atoms with Crippen LogP contribution in [-0.2, 0) is 4.79 Å². The lowest BCUT2D eigenvalue weighted by Gasteiger charge is -2.06. The van der Waals surface area contributed by atoms with E-state index in [4.69, 9.17) is 5.26 Å². The quantitative estimate of drug-likeness (QED) is 0.766. The molecule has 0 unspecified atom stereocenters. The van der Waals surface area contributed by atoms with Crippen molar-refractivity contribution in [3.63, 3.8) is 0 Å². The fraction of sp³-hybridized carbons (Fsp3) is 0.455. The number of hydrogen-bond acceptors (Lipinski definition) is 5. The number of nitriles is 1. The Labute approximate surface area is 99.0 Å². The van der Waals surface area contributed by atoms with Crippen molar-refractivity contribution in [2.45, 2.75) is 25.3 Å². The molecule has 1 fully saturated rings. The minimum atomic E-state index is 0.0300. The Bertz CT molecular complexity index is 449. The second-order valence-electron chi connectivity index (χ2n) is 3.92. The highest BCUT2D eigenvalue weighted by Crippen LogP contribution is 2.18. The largest absolute Gasteiger partial charge is 0.367 e. The number of carbonyl (C=O) groups is 1. The van der Waals surface area contributed by atoms with Crippen LogP contribution in [0, 0.1) is 11.3 Å². The maximum atomic E-state index is 11.4. The third-order valence-electron chi connectivity index (χ3n) is 2.43. The molecule has 1 aliphatic rings. The van der Waals surface area contributed by atoms with Crippen LogP contribution in [-0.4, -0.2) is 28.7 Å². The lowest BCUT2D eigenvalue weighted by Crippen LogP contribution is -2.27. The van der Waals surface area contributed by atoms with E-state index in [0.717, 1.165) is 12.8 Å². The molecule has 2 rings (SSSR count). The normalized spacial score (nSPS) is 13.8. The van der Waals surface area contributed by atoms with Gasteiger partial charge >= 0.3 is 0 Å². The summed E-state index contributed by atoms with van der Waals surface area (Å²) in [4.78, 5) is 11.4. The summed E-state index contributed by atoms with van der Waals surface area (Å²) in [6.07, 6.45) is 4.01. The maximum Gasteiger partial charge on any atom is 0.221 e. The van der Waals surface area contributed by atoms with Gasteiger partial charge in [-0.05, 0) is 18.9 Å². The van der Waals surface area contributed by atoms with Crippen LogP contribution in [0.1, 0.15) is 24.8 Å². The molecule has 0 aliphatic heterocycles. The van der Waals surface area contributed by atoms with Gasteiger partial charge in [-0.3, -0.25) is 4.79 Å². The first-order valence-corrected chi connectivity index (χ1v) is 5.54. The number of hydrogen-bond donors (Lipinski definition) is 2. The lowest BCUT2D eigenvalue weighted by atomic mass is 10.3. The summed E-state index contributed by atoms with van der Waals surface area (Å²) < 4.78 is 0. The highest BCUT2D eigenvalue weighted by atomic mass is 16.1. The van der Waals surface area contributed by atoms with Crippen LogP contribution in [0.15, 0.2) is 12.3 Å². The van der Waals surface area contributed by atoms with Crippen molar-refractivity contribution >= 4 is 11.7 Å². The topological polar surface area (TPSA) is 90.7 Å². The van der Waals surface area contributed by atoms with Crippen molar-refractivity contribution in [2.24, 2.45) is 0 Å². The second-order valence-corrected chi connectivity index (χ2v) is 3.92. The van der Waals surface area contributed by atoms with Crippen LogP contribution in [0.2, 0.25) is 0 Å². The molecule has 0 radical (unpaired) electrons. The van der Waals surface area contributed by atoms with E-state index in [-0.39, 0.29) is 5.91 Å². The molecule has 1 amide bonds. The Balaban J connectivity index is 1.77. The Hall–Kier alpha value is -2.16. The van der Waals surface area contributed by atoms with Crippen LogP contribution in [0.25, 0.3) is 0 Å². The van der Waals surface area contributed by atoms with Gasteiger partial charge in [-0.1, -0.05) is 0 Å².